The highest BCUT2D eigenvalue weighted by Gasteiger charge is 2.23. The number of nitrogens with one attached hydrogen (secondary N) is 1. The molecule has 30 heavy (non-hydrogen) atoms. The summed E-state index contributed by atoms with van der Waals surface area (Å²) in [6.07, 6.45) is 3.26. The zero-order valence-electron chi connectivity index (χ0n) is 16.8. The first-order chi connectivity index (χ1) is 14.5. The molecule has 0 bridgehead atoms. The van der Waals surface area contributed by atoms with Crippen molar-refractivity contribution in [2.75, 3.05) is 7.11 Å². The van der Waals surface area contributed by atoms with Crippen molar-refractivity contribution in [2.24, 2.45) is 0 Å². The van der Waals surface area contributed by atoms with Crippen LogP contribution in [0.2, 0.25) is 0 Å². The van der Waals surface area contributed by atoms with E-state index in [0.29, 0.717) is 24.2 Å². The smallest absolute Gasteiger partial charge is 0.279 e. The van der Waals surface area contributed by atoms with Crippen molar-refractivity contribution in [3.8, 4) is 11.5 Å². The molecule has 0 saturated carbocycles. The van der Waals surface area contributed by atoms with Gasteiger partial charge >= 0.3 is 0 Å². The van der Waals surface area contributed by atoms with Gasteiger partial charge in [0, 0.05) is 18.7 Å². The van der Waals surface area contributed by atoms with Gasteiger partial charge in [0.05, 0.1) is 29.0 Å². The fourth-order valence-electron chi connectivity index (χ4n) is 3.29. The summed E-state index contributed by atoms with van der Waals surface area (Å²) >= 11 is 0. The second-order valence-electron chi connectivity index (χ2n) is 6.85. The molecule has 1 amide bonds. The number of pyridine rings is 1. The molecule has 0 aliphatic carbocycles. The summed E-state index contributed by atoms with van der Waals surface area (Å²) in [4.78, 5) is 27.7. The Kier molecular flexibility index (Phi) is 6.46. The fraction of sp³-hybridized carbons (Fsp3) is 0.273. The molecule has 1 atom stereocenters. The number of nitro benzene ring substituents is 1. The molecule has 8 heteroatoms. The van der Waals surface area contributed by atoms with Gasteiger partial charge in [-0.15, -0.1) is 0 Å². The van der Waals surface area contributed by atoms with E-state index in [1.807, 2.05) is 6.92 Å². The minimum Gasteiger partial charge on any atom is -0.871 e. The van der Waals surface area contributed by atoms with Crippen molar-refractivity contribution in [1.82, 2.24) is 10.3 Å². The van der Waals surface area contributed by atoms with Gasteiger partial charge in [-0.2, -0.15) is 0 Å². The Balaban J connectivity index is 2.16. The standard InChI is InChI=1S/C22H23N3O5/c1-3-4-7-19(26)24-20(14-8-10-15(30-2)11-9-14)17-13-18(25(28)29)16-6-5-12-23-21(16)22(17)27/h5-6,8-13,20,27H,3-4,7H2,1-2H3,(H,24,26)/p-1/t20-/m1/s1. The molecule has 1 N–H and O–H groups in total. The molecule has 156 valence electrons. The molecule has 0 radical (unpaired) electrons. The number of hydrogen-bond acceptors (Lipinski definition) is 6. The van der Waals surface area contributed by atoms with Crippen LogP contribution in [0.5, 0.6) is 11.5 Å². The van der Waals surface area contributed by atoms with Crippen LogP contribution in [0.3, 0.4) is 0 Å². The molecule has 3 aromatic rings. The van der Waals surface area contributed by atoms with Gasteiger partial charge in [-0.3, -0.25) is 19.9 Å². The number of rotatable bonds is 8. The number of benzene rings is 2. The number of unbranched alkanes of at least 4 members (excludes halogenated alkanes) is 1. The van der Waals surface area contributed by atoms with Gasteiger partial charge in [0.2, 0.25) is 5.91 Å². The molecule has 0 aliphatic heterocycles. The minimum atomic E-state index is -0.849. The third-order valence-electron chi connectivity index (χ3n) is 4.87. The maximum Gasteiger partial charge on any atom is 0.279 e. The zero-order valence-corrected chi connectivity index (χ0v) is 16.8. The molecule has 0 fully saturated rings. The van der Waals surface area contributed by atoms with Crippen molar-refractivity contribution in [1.29, 1.82) is 0 Å². The molecule has 0 saturated heterocycles. The van der Waals surface area contributed by atoms with Gasteiger partial charge < -0.3 is 15.2 Å². The molecular formula is C22H22N3O5-. The highest BCUT2D eigenvalue weighted by molar-refractivity contribution is 5.93. The number of carbonyl (C=O) groups excluding carboxylic acids is 1. The van der Waals surface area contributed by atoms with E-state index < -0.39 is 16.7 Å². The quantitative estimate of drug-likeness (QED) is 0.449. The van der Waals surface area contributed by atoms with Crippen LogP contribution in [0.15, 0.2) is 48.7 Å². The van der Waals surface area contributed by atoms with E-state index in [4.69, 9.17) is 4.74 Å². The van der Waals surface area contributed by atoms with E-state index in [1.165, 1.54) is 25.4 Å². The van der Waals surface area contributed by atoms with Gasteiger partial charge in [0.25, 0.3) is 5.69 Å². The van der Waals surface area contributed by atoms with E-state index in [0.717, 1.165) is 6.42 Å². The van der Waals surface area contributed by atoms with Crippen LogP contribution < -0.4 is 15.2 Å². The lowest BCUT2D eigenvalue weighted by Crippen LogP contribution is -2.30. The maximum atomic E-state index is 13.2. The van der Waals surface area contributed by atoms with Crippen molar-refractivity contribution in [2.45, 2.75) is 32.2 Å². The van der Waals surface area contributed by atoms with E-state index in [1.54, 1.807) is 30.3 Å². The lowest BCUT2D eigenvalue weighted by Gasteiger charge is -2.26. The van der Waals surface area contributed by atoms with Crippen molar-refractivity contribution in [3.05, 3.63) is 69.9 Å². The number of methoxy groups -OCH3 is 1. The number of hydrogen-bond donors (Lipinski definition) is 1. The molecule has 1 aromatic heterocycles. The lowest BCUT2D eigenvalue weighted by molar-refractivity contribution is -0.383. The maximum absolute atomic E-state index is 13.2. The summed E-state index contributed by atoms with van der Waals surface area (Å²) in [6.45, 7) is 1.97. The second-order valence-corrected chi connectivity index (χ2v) is 6.85. The summed E-state index contributed by atoms with van der Waals surface area (Å²) in [6, 6.07) is 10.3. The van der Waals surface area contributed by atoms with Crippen LogP contribution in [0.25, 0.3) is 10.9 Å². The molecular weight excluding hydrogens is 386 g/mol. The van der Waals surface area contributed by atoms with E-state index in [2.05, 4.69) is 10.3 Å². The van der Waals surface area contributed by atoms with Crippen LogP contribution in [0.4, 0.5) is 5.69 Å². The summed E-state index contributed by atoms with van der Waals surface area (Å²) in [5.41, 5.74) is 0.488. The van der Waals surface area contributed by atoms with Crippen LogP contribution in [-0.2, 0) is 4.79 Å². The average Bonchev–Trinajstić information content (AvgIpc) is 2.76. The topological polar surface area (TPSA) is 117 Å². The number of non-ortho nitro benzene ring substituents is 1. The fourth-order valence-corrected chi connectivity index (χ4v) is 3.29. The van der Waals surface area contributed by atoms with E-state index in [9.17, 15) is 20.0 Å². The molecule has 3 rings (SSSR count). The van der Waals surface area contributed by atoms with Gasteiger partial charge in [-0.1, -0.05) is 31.2 Å². The first-order valence-electron chi connectivity index (χ1n) is 9.62. The summed E-state index contributed by atoms with van der Waals surface area (Å²) in [7, 11) is 1.53. The Morgan fingerprint density at radius 1 is 1.27 bits per heavy atom. The molecule has 2 aromatic carbocycles. The van der Waals surface area contributed by atoms with Crippen LogP contribution >= 0.6 is 0 Å². The van der Waals surface area contributed by atoms with E-state index in [-0.39, 0.29) is 28.1 Å². The minimum absolute atomic E-state index is 0.00280. The Hall–Kier alpha value is -3.68. The first-order valence-corrected chi connectivity index (χ1v) is 9.62. The second kappa shape index (κ2) is 9.21. The number of aromatic nitrogens is 1. The highest BCUT2D eigenvalue weighted by atomic mass is 16.6. The van der Waals surface area contributed by atoms with Gasteiger partial charge in [-0.25, -0.2) is 0 Å². The summed E-state index contributed by atoms with van der Waals surface area (Å²) in [5.74, 6) is -0.0723. The van der Waals surface area contributed by atoms with Crippen LogP contribution in [0, 0.1) is 10.1 Å². The van der Waals surface area contributed by atoms with Gasteiger partial charge in [0.1, 0.15) is 5.75 Å². The predicted octanol–water partition coefficient (Wildman–Crippen LogP) is 3.62. The highest BCUT2D eigenvalue weighted by Crippen LogP contribution is 2.38. The number of nitro groups is 1. The largest absolute Gasteiger partial charge is 0.871 e. The summed E-state index contributed by atoms with van der Waals surface area (Å²) in [5, 5.41) is 27.9. The van der Waals surface area contributed by atoms with E-state index >= 15 is 0 Å². The van der Waals surface area contributed by atoms with Gasteiger partial charge in [-0.05, 0) is 41.8 Å². The number of nitrogens with zero attached hydrogens (tertiary/aromatic N) is 2. The van der Waals surface area contributed by atoms with Crippen molar-refractivity contribution < 1.29 is 19.6 Å². The van der Waals surface area contributed by atoms with Crippen molar-refractivity contribution >= 4 is 22.5 Å². The van der Waals surface area contributed by atoms with Crippen LogP contribution in [0.1, 0.15) is 43.4 Å². The number of carbonyl (C=O) groups is 1. The molecule has 0 aliphatic rings. The van der Waals surface area contributed by atoms with Crippen molar-refractivity contribution in [3.63, 3.8) is 0 Å². The third-order valence-corrected chi connectivity index (χ3v) is 4.87. The Bertz CT molecular complexity index is 1070. The zero-order chi connectivity index (χ0) is 21.7. The molecule has 1 heterocycles. The average molecular weight is 408 g/mol. The Morgan fingerprint density at radius 3 is 2.63 bits per heavy atom. The predicted molar refractivity (Wildman–Crippen MR) is 110 cm³/mol. The first kappa shape index (κ1) is 21.0. The van der Waals surface area contributed by atoms with Gasteiger partial charge in [0.15, 0.2) is 0 Å². The SMILES string of the molecule is CCCCC(=O)N[C@H](c1ccc(OC)cc1)c1cc([N+](=O)[O-])c2cccnc2c1[O-]. The third kappa shape index (κ3) is 4.32. The normalized spacial score (nSPS) is 11.8. The Morgan fingerprint density at radius 2 is 2.00 bits per heavy atom. The monoisotopic (exact) mass is 408 g/mol. The molecule has 8 nitrogen and oxygen atoms in total. The lowest BCUT2D eigenvalue weighted by atomic mass is 9.95. The molecule has 0 unspecified atom stereocenters. The number of fused-ring (bicyclic) bond motifs is 1. The number of ether oxygens (including phenoxy) is 1. The van der Waals surface area contributed by atoms with Crippen LogP contribution in [-0.4, -0.2) is 22.9 Å². The molecule has 0 spiro atoms. The summed E-state index contributed by atoms with van der Waals surface area (Å²) < 4.78 is 5.17. The number of amides is 1. The Labute approximate surface area is 173 Å².